The lowest BCUT2D eigenvalue weighted by Gasteiger charge is -2.65. The van der Waals surface area contributed by atoms with Crippen molar-refractivity contribution >= 4 is 5.91 Å². The van der Waals surface area contributed by atoms with Crippen molar-refractivity contribution in [2.24, 2.45) is 24.1 Å². The number of carbonyl (C=O) groups excluding carboxylic acids is 1. The first kappa shape index (κ1) is 15.5. The van der Waals surface area contributed by atoms with E-state index in [1.165, 1.54) is 0 Å². The fourth-order valence-electron chi connectivity index (χ4n) is 4.10. The van der Waals surface area contributed by atoms with Gasteiger partial charge in [-0.3, -0.25) is 9.48 Å². The molecule has 1 aromatic heterocycles. The summed E-state index contributed by atoms with van der Waals surface area (Å²) in [6.07, 6.45) is 6.61. The van der Waals surface area contributed by atoms with E-state index >= 15 is 0 Å². The molecule has 2 fully saturated rings. The number of nitrogens with zero attached hydrogens (tertiary/aromatic N) is 2. The zero-order chi connectivity index (χ0) is 16.0. The number of nitrogens with two attached hydrogens (primary N) is 1. The average Bonchev–Trinajstić information content (AvgIpc) is 2.91. The second kappa shape index (κ2) is 5.35. The van der Waals surface area contributed by atoms with Crippen LogP contribution in [-0.4, -0.2) is 40.5 Å². The molecule has 0 radical (unpaired) electrons. The molecule has 6 nitrogen and oxygen atoms in total. The molecule has 3 rings (SSSR count). The zero-order valence-corrected chi connectivity index (χ0v) is 13.6. The third-order valence-electron chi connectivity index (χ3n) is 5.52. The van der Waals surface area contributed by atoms with E-state index in [1.54, 1.807) is 4.68 Å². The van der Waals surface area contributed by atoms with Crippen LogP contribution in [0, 0.1) is 11.3 Å². The van der Waals surface area contributed by atoms with Gasteiger partial charge in [0.05, 0.1) is 12.3 Å². The number of nitrogens with one attached hydrogen (secondary N) is 1. The lowest BCUT2D eigenvalue weighted by atomic mass is 9.46. The Morgan fingerprint density at radius 2 is 2.36 bits per heavy atom. The van der Waals surface area contributed by atoms with E-state index in [4.69, 9.17) is 10.5 Å². The molecule has 1 aliphatic heterocycles. The molecule has 3 unspecified atom stereocenters. The molecule has 1 saturated heterocycles. The van der Waals surface area contributed by atoms with Crippen molar-refractivity contribution in [3.63, 3.8) is 0 Å². The predicted molar refractivity (Wildman–Crippen MR) is 83.1 cm³/mol. The molecule has 0 bridgehead atoms. The molecule has 3 N–H and O–H groups in total. The fourth-order valence-corrected chi connectivity index (χ4v) is 4.10. The van der Waals surface area contributed by atoms with E-state index in [0.29, 0.717) is 6.54 Å². The maximum absolute atomic E-state index is 12.7. The first-order chi connectivity index (χ1) is 10.4. The molecular weight excluding hydrogens is 280 g/mol. The van der Waals surface area contributed by atoms with Crippen LogP contribution in [-0.2, 0) is 23.0 Å². The van der Waals surface area contributed by atoms with Gasteiger partial charge in [-0.2, -0.15) is 5.10 Å². The van der Waals surface area contributed by atoms with Crippen molar-refractivity contribution in [3.05, 3.63) is 18.0 Å². The number of rotatable bonds is 4. The predicted octanol–water partition coefficient (Wildman–Crippen LogP) is 0.611. The Kier molecular flexibility index (Phi) is 3.77. The molecule has 22 heavy (non-hydrogen) atoms. The lowest BCUT2D eigenvalue weighted by molar-refractivity contribution is -0.225. The first-order valence-corrected chi connectivity index (χ1v) is 8.03. The van der Waals surface area contributed by atoms with Gasteiger partial charge in [0.2, 0.25) is 5.91 Å². The molecule has 1 saturated carbocycles. The van der Waals surface area contributed by atoms with Gasteiger partial charge in [0.1, 0.15) is 5.54 Å². The van der Waals surface area contributed by atoms with E-state index in [-0.39, 0.29) is 23.3 Å². The normalized spacial score (nSPS) is 32.9. The van der Waals surface area contributed by atoms with Crippen LogP contribution >= 0.6 is 0 Å². The standard InChI is InChI=1S/C16H26N4O2/c1-15(2)13-12(5-4-8-22-13)16(15,17)14(21)18-7-6-11-9-19-20(3)10-11/h9-10,12-13H,4-8,17H2,1-3H3,(H,18,21). The molecule has 1 aliphatic carbocycles. The van der Waals surface area contributed by atoms with Crippen LogP contribution in [0.3, 0.4) is 0 Å². The molecule has 3 atom stereocenters. The van der Waals surface area contributed by atoms with E-state index < -0.39 is 5.54 Å². The minimum atomic E-state index is -0.826. The minimum absolute atomic E-state index is 0.0480. The van der Waals surface area contributed by atoms with E-state index in [0.717, 1.165) is 31.4 Å². The Hall–Kier alpha value is -1.40. The van der Waals surface area contributed by atoms with Crippen LogP contribution in [0.5, 0.6) is 0 Å². The largest absolute Gasteiger partial charge is 0.377 e. The van der Waals surface area contributed by atoms with Crippen LogP contribution in [0.4, 0.5) is 0 Å². The van der Waals surface area contributed by atoms with Crippen LogP contribution < -0.4 is 11.1 Å². The number of fused-ring (bicyclic) bond motifs is 1. The van der Waals surface area contributed by atoms with Gasteiger partial charge in [-0.05, 0) is 24.8 Å². The number of ether oxygens (including phenoxy) is 1. The molecule has 0 spiro atoms. The third kappa shape index (κ3) is 2.16. The number of amides is 1. The van der Waals surface area contributed by atoms with Gasteiger partial charge in [-0.15, -0.1) is 0 Å². The van der Waals surface area contributed by atoms with E-state index in [9.17, 15) is 4.79 Å². The summed E-state index contributed by atoms with van der Waals surface area (Å²) in [4.78, 5) is 12.7. The van der Waals surface area contributed by atoms with Crippen molar-refractivity contribution in [1.82, 2.24) is 15.1 Å². The van der Waals surface area contributed by atoms with Gasteiger partial charge in [-0.1, -0.05) is 13.8 Å². The van der Waals surface area contributed by atoms with Crippen LogP contribution in [0.1, 0.15) is 32.3 Å². The van der Waals surface area contributed by atoms with E-state index in [2.05, 4.69) is 10.4 Å². The molecule has 1 aromatic rings. The summed E-state index contributed by atoms with van der Waals surface area (Å²) in [6.45, 7) is 5.45. The molecule has 1 amide bonds. The summed E-state index contributed by atoms with van der Waals surface area (Å²) in [5.41, 5.74) is 6.52. The minimum Gasteiger partial charge on any atom is -0.377 e. The van der Waals surface area contributed by atoms with Gasteiger partial charge < -0.3 is 15.8 Å². The Bertz CT molecular complexity index is 568. The van der Waals surface area contributed by atoms with Crippen molar-refractivity contribution in [2.45, 2.75) is 44.8 Å². The second-order valence-electron chi connectivity index (χ2n) is 7.16. The molecule has 0 aromatic carbocycles. The van der Waals surface area contributed by atoms with Gasteiger partial charge >= 0.3 is 0 Å². The number of aromatic nitrogens is 2. The molecular formula is C16H26N4O2. The SMILES string of the molecule is Cn1cc(CCNC(=O)C2(N)C3CCCOC3C2(C)C)cn1. The third-order valence-corrected chi connectivity index (χ3v) is 5.52. The number of hydrogen-bond donors (Lipinski definition) is 2. The topological polar surface area (TPSA) is 82.2 Å². The summed E-state index contributed by atoms with van der Waals surface area (Å²) in [7, 11) is 1.89. The zero-order valence-electron chi connectivity index (χ0n) is 13.6. The van der Waals surface area contributed by atoms with E-state index in [1.807, 2.05) is 33.3 Å². The van der Waals surface area contributed by atoms with Gasteiger partial charge in [0, 0.05) is 37.7 Å². The van der Waals surface area contributed by atoms with Crippen LogP contribution in [0.25, 0.3) is 0 Å². The van der Waals surface area contributed by atoms with Crippen molar-refractivity contribution in [1.29, 1.82) is 0 Å². The maximum Gasteiger partial charge on any atom is 0.241 e. The summed E-state index contributed by atoms with van der Waals surface area (Å²) in [5, 5.41) is 7.15. The molecule has 2 heterocycles. The summed E-state index contributed by atoms with van der Waals surface area (Å²) in [6, 6.07) is 0. The fraction of sp³-hybridized carbons (Fsp3) is 0.750. The second-order valence-corrected chi connectivity index (χ2v) is 7.16. The first-order valence-electron chi connectivity index (χ1n) is 8.03. The highest BCUT2D eigenvalue weighted by Crippen LogP contribution is 2.57. The van der Waals surface area contributed by atoms with Crippen LogP contribution in [0.2, 0.25) is 0 Å². The summed E-state index contributed by atoms with van der Waals surface area (Å²) in [5.74, 6) is 0.0859. The van der Waals surface area contributed by atoms with Crippen LogP contribution in [0.15, 0.2) is 12.4 Å². The van der Waals surface area contributed by atoms with Crippen molar-refractivity contribution in [2.75, 3.05) is 13.2 Å². The van der Waals surface area contributed by atoms with Gasteiger partial charge in [0.25, 0.3) is 0 Å². The smallest absolute Gasteiger partial charge is 0.241 e. The molecule has 2 aliphatic rings. The Morgan fingerprint density at radius 1 is 1.59 bits per heavy atom. The van der Waals surface area contributed by atoms with Crippen molar-refractivity contribution < 1.29 is 9.53 Å². The van der Waals surface area contributed by atoms with Gasteiger partial charge in [-0.25, -0.2) is 0 Å². The Balaban J connectivity index is 1.61. The van der Waals surface area contributed by atoms with Gasteiger partial charge in [0.15, 0.2) is 0 Å². The Morgan fingerprint density at radius 3 is 3.05 bits per heavy atom. The quantitative estimate of drug-likeness (QED) is 0.854. The lowest BCUT2D eigenvalue weighted by Crippen LogP contribution is -2.82. The number of carbonyl (C=O) groups is 1. The Labute approximate surface area is 131 Å². The summed E-state index contributed by atoms with van der Waals surface area (Å²) >= 11 is 0. The number of aryl methyl sites for hydroxylation is 1. The molecule has 6 heteroatoms. The maximum atomic E-state index is 12.7. The highest BCUT2D eigenvalue weighted by molar-refractivity contribution is 5.89. The number of hydrogen-bond acceptors (Lipinski definition) is 4. The monoisotopic (exact) mass is 306 g/mol. The average molecular weight is 306 g/mol. The molecule has 122 valence electrons. The van der Waals surface area contributed by atoms with Crippen molar-refractivity contribution in [3.8, 4) is 0 Å². The highest BCUT2D eigenvalue weighted by Gasteiger charge is 2.70. The highest BCUT2D eigenvalue weighted by atomic mass is 16.5. The summed E-state index contributed by atoms with van der Waals surface area (Å²) < 4.78 is 7.61.